The Kier molecular flexibility index (Phi) is 5.66. The summed E-state index contributed by atoms with van der Waals surface area (Å²) in [6.07, 6.45) is 1.10. The highest BCUT2D eigenvalue weighted by atomic mass is 16.5. The summed E-state index contributed by atoms with van der Waals surface area (Å²) in [4.78, 5) is 15.4. The Balaban J connectivity index is 2.31. The number of ether oxygens (including phenoxy) is 1. The van der Waals surface area contributed by atoms with Crippen LogP contribution in [-0.4, -0.2) is 24.5 Å². The number of nitrogens with two attached hydrogens (primary N) is 3. The Hall–Kier alpha value is -2.08. The van der Waals surface area contributed by atoms with Crippen LogP contribution in [-0.2, 0) is 4.79 Å². The van der Waals surface area contributed by atoms with Crippen molar-refractivity contribution in [3.63, 3.8) is 0 Å². The number of carbonyl (C=O) groups excluding carboxylic acids is 1. The molecule has 1 rings (SSSR count). The molecule has 1 aromatic carbocycles. The van der Waals surface area contributed by atoms with Crippen LogP contribution in [0, 0.1) is 0 Å². The minimum absolute atomic E-state index is 0.0374. The van der Waals surface area contributed by atoms with Crippen molar-refractivity contribution in [2.75, 3.05) is 6.54 Å². The maximum absolute atomic E-state index is 11.6. The highest BCUT2D eigenvalue weighted by molar-refractivity contribution is 5.78. The summed E-state index contributed by atoms with van der Waals surface area (Å²) in [6.45, 7) is 0.453. The maximum atomic E-state index is 11.6. The number of para-hydroxylation sites is 1. The lowest BCUT2D eigenvalue weighted by Crippen LogP contribution is -2.34. The van der Waals surface area contributed by atoms with Gasteiger partial charge in [-0.3, -0.25) is 4.99 Å². The molecule has 0 spiro atoms. The third kappa shape index (κ3) is 5.31. The summed E-state index contributed by atoms with van der Waals surface area (Å²) in [5.41, 5.74) is 16.0. The van der Waals surface area contributed by atoms with Crippen LogP contribution < -0.4 is 21.9 Å². The molecule has 0 radical (unpaired) electrons. The van der Waals surface area contributed by atoms with Crippen LogP contribution in [0.1, 0.15) is 12.8 Å². The van der Waals surface area contributed by atoms with Gasteiger partial charge in [-0.05, 0) is 25.0 Å². The van der Waals surface area contributed by atoms with Crippen molar-refractivity contribution in [3.05, 3.63) is 30.3 Å². The number of rotatable bonds is 6. The first kappa shape index (κ1) is 14.0. The van der Waals surface area contributed by atoms with Crippen LogP contribution in [0.5, 0.6) is 5.75 Å². The molecule has 1 atom stereocenters. The fourth-order valence-corrected chi connectivity index (χ4v) is 1.32. The van der Waals surface area contributed by atoms with Gasteiger partial charge >= 0.3 is 5.97 Å². The Labute approximate surface area is 106 Å². The number of hydrogen-bond donors (Lipinski definition) is 3. The third-order valence-corrected chi connectivity index (χ3v) is 2.23. The zero-order valence-corrected chi connectivity index (χ0v) is 10.1. The van der Waals surface area contributed by atoms with Crippen molar-refractivity contribution in [2.24, 2.45) is 22.2 Å². The molecule has 6 nitrogen and oxygen atoms in total. The average Bonchev–Trinajstić information content (AvgIpc) is 2.35. The highest BCUT2D eigenvalue weighted by Gasteiger charge is 2.15. The molecular formula is C12H18N4O2. The van der Waals surface area contributed by atoms with Crippen molar-refractivity contribution in [3.8, 4) is 5.75 Å². The van der Waals surface area contributed by atoms with Crippen molar-refractivity contribution in [1.29, 1.82) is 0 Å². The highest BCUT2D eigenvalue weighted by Crippen LogP contribution is 2.10. The first-order valence-corrected chi connectivity index (χ1v) is 5.67. The van der Waals surface area contributed by atoms with E-state index in [4.69, 9.17) is 21.9 Å². The van der Waals surface area contributed by atoms with E-state index in [9.17, 15) is 4.79 Å². The predicted molar refractivity (Wildman–Crippen MR) is 70.0 cm³/mol. The van der Waals surface area contributed by atoms with E-state index in [0.29, 0.717) is 25.1 Å². The van der Waals surface area contributed by atoms with E-state index < -0.39 is 12.0 Å². The van der Waals surface area contributed by atoms with Crippen LogP contribution >= 0.6 is 0 Å². The molecule has 0 heterocycles. The van der Waals surface area contributed by atoms with Crippen molar-refractivity contribution < 1.29 is 9.53 Å². The second kappa shape index (κ2) is 7.29. The molecule has 98 valence electrons. The van der Waals surface area contributed by atoms with Gasteiger partial charge in [0.25, 0.3) is 0 Å². The lowest BCUT2D eigenvalue weighted by Gasteiger charge is -2.10. The van der Waals surface area contributed by atoms with Gasteiger partial charge in [0.05, 0.1) is 0 Å². The maximum Gasteiger partial charge on any atom is 0.328 e. The Morgan fingerprint density at radius 2 is 1.94 bits per heavy atom. The van der Waals surface area contributed by atoms with Crippen molar-refractivity contribution in [2.45, 2.75) is 18.9 Å². The summed E-state index contributed by atoms with van der Waals surface area (Å²) in [7, 11) is 0. The molecule has 0 fully saturated rings. The number of benzene rings is 1. The molecule has 0 saturated carbocycles. The van der Waals surface area contributed by atoms with Gasteiger partial charge in [0.1, 0.15) is 11.8 Å². The van der Waals surface area contributed by atoms with Gasteiger partial charge in [0.2, 0.25) is 0 Å². The van der Waals surface area contributed by atoms with E-state index in [-0.39, 0.29) is 5.96 Å². The number of carbonyl (C=O) groups is 1. The number of nitrogens with zero attached hydrogens (tertiary/aromatic N) is 1. The summed E-state index contributed by atoms with van der Waals surface area (Å²) in [5.74, 6) is 0.0727. The van der Waals surface area contributed by atoms with Gasteiger partial charge in [-0.2, -0.15) is 0 Å². The van der Waals surface area contributed by atoms with Gasteiger partial charge < -0.3 is 21.9 Å². The molecule has 0 amide bonds. The standard InChI is InChI=1S/C12H18N4O2/c13-10(7-4-8-16-12(14)15)11(17)18-9-5-2-1-3-6-9/h1-3,5-6,10H,4,7-8,13H2,(H4,14,15,16). The monoisotopic (exact) mass is 250 g/mol. The zero-order chi connectivity index (χ0) is 13.4. The smallest absolute Gasteiger partial charge is 0.328 e. The van der Waals surface area contributed by atoms with E-state index in [0.717, 1.165) is 0 Å². The molecule has 0 aromatic heterocycles. The van der Waals surface area contributed by atoms with Crippen LogP contribution in [0.2, 0.25) is 0 Å². The molecule has 0 aliphatic carbocycles. The van der Waals surface area contributed by atoms with Gasteiger partial charge in [-0.25, -0.2) is 4.79 Å². The van der Waals surface area contributed by atoms with E-state index >= 15 is 0 Å². The topological polar surface area (TPSA) is 117 Å². The van der Waals surface area contributed by atoms with Crippen molar-refractivity contribution >= 4 is 11.9 Å². The fourth-order valence-electron chi connectivity index (χ4n) is 1.32. The molecule has 6 heteroatoms. The largest absolute Gasteiger partial charge is 0.425 e. The lowest BCUT2D eigenvalue weighted by atomic mass is 10.2. The van der Waals surface area contributed by atoms with E-state index in [1.807, 2.05) is 6.07 Å². The van der Waals surface area contributed by atoms with E-state index in [1.165, 1.54) is 0 Å². The zero-order valence-electron chi connectivity index (χ0n) is 10.1. The van der Waals surface area contributed by atoms with Crippen LogP contribution in [0.4, 0.5) is 0 Å². The van der Waals surface area contributed by atoms with Gasteiger partial charge in [0.15, 0.2) is 5.96 Å². The molecule has 1 unspecified atom stereocenters. The van der Waals surface area contributed by atoms with E-state index in [1.54, 1.807) is 24.3 Å². The first-order chi connectivity index (χ1) is 8.59. The van der Waals surface area contributed by atoms with Gasteiger partial charge in [-0.1, -0.05) is 18.2 Å². The Morgan fingerprint density at radius 1 is 1.28 bits per heavy atom. The number of esters is 1. The summed E-state index contributed by atoms with van der Waals surface area (Å²) in [5, 5.41) is 0. The number of hydrogen-bond acceptors (Lipinski definition) is 4. The quantitative estimate of drug-likeness (QED) is 0.215. The Morgan fingerprint density at radius 3 is 2.56 bits per heavy atom. The van der Waals surface area contributed by atoms with Gasteiger partial charge in [0, 0.05) is 6.54 Å². The lowest BCUT2D eigenvalue weighted by molar-refractivity contribution is -0.136. The molecule has 18 heavy (non-hydrogen) atoms. The van der Waals surface area contributed by atoms with Crippen LogP contribution in [0.15, 0.2) is 35.3 Å². The fraction of sp³-hybridized carbons (Fsp3) is 0.333. The second-order valence-corrected chi connectivity index (χ2v) is 3.79. The minimum atomic E-state index is -0.667. The normalized spacial score (nSPS) is 11.6. The van der Waals surface area contributed by atoms with Crippen LogP contribution in [0.25, 0.3) is 0 Å². The average molecular weight is 250 g/mol. The minimum Gasteiger partial charge on any atom is -0.425 e. The first-order valence-electron chi connectivity index (χ1n) is 5.67. The van der Waals surface area contributed by atoms with E-state index in [2.05, 4.69) is 4.99 Å². The Bertz CT molecular complexity index is 402. The SMILES string of the molecule is NC(N)=NCCCC(N)C(=O)Oc1ccccc1. The number of guanidine groups is 1. The van der Waals surface area contributed by atoms with Crippen LogP contribution in [0.3, 0.4) is 0 Å². The summed E-state index contributed by atoms with van der Waals surface area (Å²) >= 11 is 0. The third-order valence-electron chi connectivity index (χ3n) is 2.23. The molecule has 1 aromatic rings. The molecule has 0 aliphatic heterocycles. The summed E-state index contributed by atoms with van der Waals surface area (Å²) in [6, 6.07) is 8.14. The molecular weight excluding hydrogens is 232 g/mol. The second-order valence-electron chi connectivity index (χ2n) is 3.79. The molecule has 0 aliphatic rings. The molecule has 0 saturated heterocycles. The van der Waals surface area contributed by atoms with Crippen molar-refractivity contribution in [1.82, 2.24) is 0 Å². The number of aliphatic imine (C=N–C) groups is 1. The molecule has 0 bridgehead atoms. The predicted octanol–water partition coefficient (Wildman–Crippen LogP) is -0.0271. The van der Waals surface area contributed by atoms with Gasteiger partial charge in [-0.15, -0.1) is 0 Å². The molecule has 6 N–H and O–H groups in total. The summed E-state index contributed by atoms with van der Waals surface area (Å²) < 4.78 is 5.11.